The van der Waals surface area contributed by atoms with Crippen LogP contribution in [-0.2, 0) is 0 Å². The smallest absolute Gasteiger partial charge is 0.188 e. The lowest BCUT2D eigenvalue weighted by Crippen LogP contribution is -2.44. The SMILES string of the molecule is CCC(=O)c1cnc(Nc2cc(N3CCN(C)CC3)nc(C)n2)s1. The summed E-state index contributed by atoms with van der Waals surface area (Å²) in [6, 6.07) is 1.95. The molecule has 1 aliphatic rings. The fourth-order valence-electron chi connectivity index (χ4n) is 2.56. The van der Waals surface area contributed by atoms with E-state index in [1.165, 1.54) is 11.3 Å². The first-order valence-corrected chi connectivity index (χ1v) is 8.92. The highest BCUT2D eigenvalue weighted by molar-refractivity contribution is 7.17. The molecule has 8 heteroatoms. The molecule has 2 aromatic heterocycles. The van der Waals surface area contributed by atoms with Crippen molar-refractivity contribution in [1.29, 1.82) is 0 Å². The third-order valence-electron chi connectivity index (χ3n) is 3.99. The number of rotatable bonds is 5. The van der Waals surface area contributed by atoms with Crippen molar-refractivity contribution in [1.82, 2.24) is 19.9 Å². The first-order valence-electron chi connectivity index (χ1n) is 8.10. The Hall–Kier alpha value is -2.06. The van der Waals surface area contributed by atoms with Gasteiger partial charge in [0, 0.05) is 38.7 Å². The van der Waals surface area contributed by atoms with Gasteiger partial charge in [-0.05, 0) is 14.0 Å². The number of ketones is 1. The summed E-state index contributed by atoms with van der Waals surface area (Å²) in [5.74, 6) is 2.47. The summed E-state index contributed by atoms with van der Waals surface area (Å²) in [4.78, 5) is 30.2. The number of hydrogen-bond donors (Lipinski definition) is 1. The molecule has 0 unspecified atom stereocenters. The Morgan fingerprint density at radius 1 is 1.29 bits per heavy atom. The van der Waals surface area contributed by atoms with Gasteiger partial charge in [0.25, 0.3) is 0 Å². The average Bonchev–Trinajstić information content (AvgIpc) is 3.02. The van der Waals surface area contributed by atoms with Crippen molar-refractivity contribution >= 4 is 33.9 Å². The van der Waals surface area contributed by atoms with Gasteiger partial charge < -0.3 is 15.1 Å². The minimum atomic E-state index is 0.109. The lowest BCUT2D eigenvalue weighted by atomic mass is 10.3. The zero-order valence-electron chi connectivity index (χ0n) is 14.2. The van der Waals surface area contributed by atoms with E-state index >= 15 is 0 Å². The Bertz CT molecular complexity index is 723. The van der Waals surface area contributed by atoms with Gasteiger partial charge in [0.05, 0.1) is 11.1 Å². The number of hydrogen-bond acceptors (Lipinski definition) is 8. The first-order chi connectivity index (χ1) is 11.5. The van der Waals surface area contributed by atoms with Crippen LogP contribution in [0.2, 0.25) is 0 Å². The van der Waals surface area contributed by atoms with Crippen LogP contribution in [0.25, 0.3) is 0 Å². The minimum Gasteiger partial charge on any atom is -0.354 e. The summed E-state index contributed by atoms with van der Waals surface area (Å²) in [5, 5.41) is 3.87. The van der Waals surface area contributed by atoms with Crippen LogP contribution in [0.15, 0.2) is 12.3 Å². The van der Waals surface area contributed by atoms with E-state index in [0.717, 1.165) is 37.8 Å². The van der Waals surface area contributed by atoms with Crippen molar-refractivity contribution in [2.24, 2.45) is 0 Å². The summed E-state index contributed by atoms with van der Waals surface area (Å²) < 4.78 is 0. The molecule has 1 saturated heterocycles. The molecule has 3 rings (SSSR count). The lowest BCUT2D eigenvalue weighted by molar-refractivity contribution is 0.0992. The summed E-state index contributed by atoms with van der Waals surface area (Å²) >= 11 is 1.36. The topological polar surface area (TPSA) is 74.2 Å². The number of piperazine rings is 1. The van der Waals surface area contributed by atoms with E-state index in [1.807, 2.05) is 19.9 Å². The lowest BCUT2D eigenvalue weighted by Gasteiger charge is -2.33. The van der Waals surface area contributed by atoms with Gasteiger partial charge in [0.15, 0.2) is 10.9 Å². The molecule has 0 aromatic carbocycles. The number of carbonyl (C=O) groups is 1. The van der Waals surface area contributed by atoms with E-state index in [-0.39, 0.29) is 5.78 Å². The van der Waals surface area contributed by atoms with Gasteiger partial charge in [-0.3, -0.25) is 4.79 Å². The third kappa shape index (κ3) is 3.88. The molecule has 0 amide bonds. The summed E-state index contributed by atoms with van der Waals surface area (Å²) in [7, 11) is 2.13. The van der Waals surface area contributed by atoms with Crippen LogP contribution in [-0.4, -0.2) is 58.9 Å². The Morgan fingerprint density at radius 3 is 2.75 bits per heavy atom. The van der Waals surface area contributed by atoms with Gasteiger partial charge in [-0.2, -0.15) is 0 Å². The van der Waals surface area contributed by atoms with E-state index in [1.54, 1.807) is 6.20 Å². The van der Waals surface area contributed by atoms with E-state index in [4.69, 9.17) is 0 Å². The van der Waals surface area contributed by atoms with Crippen molar-refractivity contribution < 1.29 is 4.79 Å². The van der Waals surface area contributed by atoms with Crippen molar-refractivity contribution in [2.45, 2.75) is 20.3 Å². The Labute approximate surface area is 145 Å². The molecular formula is C16H22N6OS. The Kier molecular flexibility index (Phi) is 5.06. The normalized spacial score (nSPS) is 15.5. The number of Topliss-reactive ketones (excluding diaryl/α,β-unsaturated/α-hetero) is 1. The number of thiazole rings is 1. The number of nitrogens with one attached hydrogen (secondary N) is 1. The van der Waals surface area contributed by atoms with Gasteiger partial charge >= 0.3 is 0 Å². The highest BCUT2D eigenvalue weighted by Crippen LogP contribution is 2.25. The van der Waals surface area contributed by atoms with E-state index < -0.39 is 0 Å². The zero-order chi connectivity index (χ0) is 17.1. The highest BCUT2D eigenvalue weighted by Gasteiger charge is 2.17. The summed E-state index contributed by atoms with van der Waals surface area (Å²) in [6.07, 6.45) is 2.11. The second-order valence-corrected chi connectivity index (χ2v) is 6.91. The van der Waals surface area contributed by atoms with Crippen molar-refractivity contribution in [3.05, 3.63) is 23.0 Å². The van der Waals surface area contributed by atoms with Crippen molar-refractivity contribution in [2.75, 3.05) is 43.4 Å². The van der Waals surface area contributed by atoms with Gasteiger partial charge in [0.1, 0.15) is 17.5 Å². The molecular weight excluding hydrogens is 324 g/mol. The maximum Gasteiger partial charge on any atom is 0.188 e. The summed E-state index contributed by atoms with van der Waals surface area (Å²) in [5.41, 5.74) is 0. The van der Waals surface area contributed by atoms with Crippen molar-refractivity contribution in [3.8, 4) is 0 Å². The molecule has 128 valence electrons. The van der Waals surface area contributed by atoms with Gasteiger partial charge in [-0.15, -0.1) is 0 Å². The largest absolute Gasteiger partial charge is 0.354 e. The van der Waals surface area contributed by atoms with Crippen LogP contribution >= 0.6 is 11.3 Å². The number of aromatic nitrogens is 3. The van der Waals surface area contributed by atoms with E-state index in [2.05, 4.69) is 37.1 Å². The van der Waals surface area contributed by atoms with Crippen LogP contribution in [0.4, 0.5) is 16.8 Å². The molecule has 0 bridgehead atoms. The molecule has 3 heterocycles. The maximum atomic E-state index is 11.7. The van der Waals surface area contributed by atoms with E-state index in [0.29, 0.717) is 22.2 Å². The molecule has 0 saturated carbocycles. The molecule has 24 heavy (non-hydrogen) atoms. The number of carbonyl (C=O) groups excluding carboxylic acids is 1. The second kappa shape index (κ2) is 7.23. The number of nitrogens with zero attached hydrogens (tertiary/aromatic N) is 5. The highest BCUT2D eigenvalue weighted by atomic mass is 32.1. The van der Waals surface area contributed by atoms with E-state index in [9.17, 15) is 4.79 Å². The maximum absolute atomic E-state index is 11.7. The average molecular weight is 346 g/mol. The Morgan fingerprint density at radius 2 is 2.04 bits per heavy atom. The van der Waals surface area contributed by atoms with Gasteiger partial charge in [0.2, 0.25) is 0 Å². The monoisotopic (exact) mass is 346 g/mol. The molecule has 1 aliphatic heterocycles. The molecule has 2 aromatic rings. The molecule has 7 nitrogen and oxygen atoms in total. The van der Waals surface area contributed by atoms with Crippen LogP contribution in [0, 0.1) is 6.92 Å². The molecule has 0 spiro atoms. The van der Waals surface area contributed by atoms with Gasteiger partial charge in [-0.25, -0.2) is 15.0 Å². The number of anilines is 3. The molecule has 0 atom stereocenters. The molecule has 0 radical (unpaired) electrons. The van der Waals surface area contributed by atoms with Gasteiger partial charge in [-0.1, -0.05) is 18.3 Å². The summed E-state index contributed by atoms with van der Waals surface area (Å²) in [6.45, 7) is 7.71. The van der Waals surface area contributed by atoms with Crippen LogP contribution < -0.4 is 10.2 Å². The molecule has 0 aliphatic carbocycles. The van der Waals surface area contributed by atoms with Crippen LogP contribution in [0.3, 0.4) is 0 Å². The zero-order valence-corrected chi connectivity index (χ0v) is 15.1. The molecule has 1 fully saturated rings. The number of likely N-dealkylation sites (N-methyl/N-ethyl adjacent to an activating group) is 1. The first kappa shape index (κ1) is 16.8. The van der Waals surface area contributed by atoms with Crippen LogP contribution in [0.5, 0.6) is 0 Å². The van der Waals surface area contributed by atoms with Crippen LogP contribution in [0.1, 0.15) is 28.8 Å². The predicted molar refractivity (Wildman–Crippen MR) is 96.5 cm³/mol. The standard InChI is InChI=1S/C16H22N6OS/c1-4-12(23)13-10-17-16(24-13)20-14-9-15(19-11(2)18-14)22-7-5-21(3)6-8-22/h9-10H,4-8H2,1-3H3,(H,17,18,19,20). The fourth-order valence-corrected chi connectivity index (χ4v) is 3.39. The molecule has 1 N–H and O–H groups in total. The number of aryl methyl sites for hydroxylation is 1. The van der Waals surface area contributed by atoms with Crippen molar-refractivity contribution in [3.63, 3.8) is 0 Å². The third-order valence-corrected chi connectivity index (χ3v) is 4.94. The predicted octanol–water partition coefficient (Wildman–Crippen LogP) is 2.33. The Balaban J connectivity index is 1.76. The minimum absolute atomic E-state index is 0.109. The fraction of sp³-hybridized carbons (Fsp3) is 0.500. The quantitative estimate of drug-likeness (QED) is 0.833. The second-order valence-electron chi connectivity index (χ2n) is 5.88.